The van der Waals surface area contributed by atoms with Crippen LogP contribution < -0.4 is 0 Å². The fourth-order valence-corrected chi connectivity index (χ4v) is 1.29. The van der Waals surface area contributed by atoms with E-state index >= 15 is 0 Å². The number of rotatable bonds is 2. The Morgan fingerprint density at radius 3 is 2.46 bits per heavy atom. The number of nitrogens with zero attached hydrogens (tertiary/aromatic N) is 1. The number of aromatic nitrogens is 1. The van der Waals surface area contributed by atoms with Crippen LogP contribution in [0.25, 0.3) is 0 Å². The molecule has 0 unspecified atom stereocenters. The first-order valence-electron chi connectivity index (χ1n) is 3.24. The lowest BCUT2D eigenvalue weighted by Gasteiger charge is -2.06. The average Bonchev–Trinajstić information content (AvgIpc) is 2.08. The van der Waals surface area contributed by atoms with Crippen LogP contribution in [0.3, 0.4) is 0 Å². The third kappa shape index (κ3) is 1.99. The fourth-order valence-electron chi connectivity index (χ4n) is 0.844. The van der Waals surface area contributed by atoms with Crippen LogP contribution in [0, 0.1) is 11.6 Å². The molecule has 0 atom stereocenters. The number of halogens is 5. The van der Waals surface area contributed by atoms with Crippen LogP contribution in [0.15, 0.2) is 6.20 Å². The summed E-state index contributed by atoms with van der Waals surface area (Å²) in [7, 11) is 0. The van der Waals surface area contributed by atoms with Gasteiger partial charge in [0.25, 0.3) is 6.43 Å². The Balaban J connectivity index is 3.32. The van der Waals surface area contributed by atoms with Gasteiger partial charge in [-0.3, -0.25) is 4.98 Å². The maximum Gasteiger partial charge on any atom is 0.268 e. The van der Waals surface area contributed by atoms with Crippen molar-refractivity contribution in [1.29, 1.82) is 0 Å². The first-order chi connectivity index (χ1) is 6.07. The molecule has 0 radical (unpaired) electrons. The highest BCUT2D eigenvalue weighted by Gasteiger charge is 2.21. The number of hydrogen-bond acceptors (Lipinski definition) is 1. The van der Waals surface area contributed by atoms with Crippen molar-refractivity contribution in [2.75, 3.05) is 0 Å². The SMILES string of the molecule is Fc1cnc(CBr)c(C(F)F)c1F. The second-order valence-corrected chi connectivity index (χ2v) is 2.78. The van der Waals surface area contributed by atoms with Gasteiger partial charge in [-0.15, -0.1) is 0 Å². The van der Waals surface area contributed by atoms with Crippen molar-refractivity contribution in [3.05, 3.63) is 29.1 Å². The smallest absolute Gasteiger partial charge is 0.257 e. The highest BCUT2D eigenvalue weighted by atomic mass is 79.9. The summed E-state index contributed by atoms with van der Waals surface area (Å²) >= 11 is 2.85. The Kier molecular flexibility index (Phi) is 3.24. The normalized spacial score (nSPS) is 10.9. The monoisotopic (exact) mass is 257 g/mol. The molecule has 0 aromatic carbocycles. The van der Waals surface area contributed by atoms with Crippen LogP contribution in [-0.2, 0) is 5.33 Å². The van der Waals surface area contributed by atoms with Crippen LogP contribution in [0.1, 0.15) is 17.7 Å². The molecule has 1 aromatic rings. The second kappa shape index (κ2) is 4.04. The number of hydrogen-bond donors (Lipinski definition) is 0. The van der Waals surface area contributed by atoms with E-state index in [9.17, 15) is 17.6 Å². The summed E-state index contributed by atoms with van der Waals surface area (Å²) in [5.41, 5.74) is -1.16. The molecule has 0 fully saturated rings. The van der Waals surface area contributed by atoms with Gasteiger partial charge in [0, 0.05) is 5.33 Å². The summed E-state index contributed by atoms with van der Waals surface area (Å²) in [4.78, 5) is 3.34. The molecule has 0 saturated carbocycles. The summed E-state index contributed by atoms with van der Waals surface area (Å²) in [6, 6.07) is 0. The van der Waals surface area contributed by atoms with E-state index in [1.54, 1.807) is 0 Å². The van der Waals surface area contributed by atoms with Gasteiger partial charge in [0.2, 0.25) is 0 Å². The van der Waals surface area contributed by atoms with Gasteiger partial charge in [-0.1, -0.05) is 15.9 Å². The predicted molar refractivity (Wildman–Crippen MR) is 41.7 cm³/mol. The molecule has 13 heavy (non-hydrogen) atoms. The summed E-state index contributed by atoms with van der Waals surface area (Å²) in [5.74, 6) is -2.89. The molecule has 1 heterocycles. The molecule has 1 rings (SSSR count). The zero-order valence-corrected chi connectivity index (χ0v) is 7.78. The van der Waals surface area contributed by atoms with E-state index in [4.69, 9.17) is 0 Å². The molecule has 0 aliphatic carbocycles. The number of pyridine rings is 1. The molecule has 0 N–H and O–H groups in total. The van der Waals surface area contributed by atoms with Crippen LogP contribution in [-0.4, -0.2) is 4.98 Å². The molecular weight excluding hydrogens is 254 g/mol. The van der Waals surface area contributed by atoms with Crippen molar-refractivity contribution >= 4 is 15.9 Å². The van der Waals surface area contributed by atoms with Gasteiger partial charge >= 0.3 is 0 Å². The lowest BCUT2D eigenvalue weighted by atomic mass is 10.2. The van der Waals surface area contributed by atoms with E-state index < -0.39 is 23.6 Å². The maximum absolute atomic E-state index is 12.8. The van der Waals surface area contributed by atoms with Crippen LogP contribution in [0.5, 0.6) is 0 Å². The van der Waals surface area contributed by atoms with Gasteiger partial charge in [-0.2, -0.15) is 0 Å². The molecule has 0 aliphatic rings. The van der Waals surface area contributed by atoms with Gasteiger partial charge in [-0.05, 0) is 0 Å². The summed E-state index contributed by atoms with van der Waals surface area (Å²) < 4.78 is 49.6. The minimum absolute atomic E-state index is 0.0378. The van der Waals surface area contributed by atoms with Crippen molar-refractivity contribution < 1.29 is 17.6 Å². The van der Waals surface area contributed by atoms with Gasteiger partial charge in [-0.25, -0.2) is 17.6 Å². The first-order valence-corrected chi connectivity index (χ1v) is 4.37. The van der Waals surface area contributed by atoms with Crippen LogP contribution in [0.4, 0.5) is 17.6 Å². The molecular formula is C7H4BrF4N. The molecule has 6 heteroatoms. The Labute approximate surface area is 79.9 Å². The third-order valence-corrected chi connectivity index (χ3v) is 1.97. The van der Waals surface area contributed by atoms with Crippen molar-refractivity contribution in [2.45, 2.75) is 11.8 Å². The summed E-state index contributed by atoms with van der Waals surface area (Å²) in [6.07, 6.45) is -2.48. The first kappa shape index (κ1) is 10.4. The molecule has 1 aromatic heterocycles. The Hall–Kier alpha value is -0.650. The summed E-state index contributed by atoms with van der Waals surface area (Å²) in [6.45, 7) is 0. The highest BCUT2D eigenvalue weighted by molar-refractivity contribution is 9.08. The molecule has 0 saturated heterocycles. The zero-order valence-electron chi connectivity index (χ0n) is 6.20. The van der Waals surface area contributed by atoms with E-state index in [1.165, 1.54) is 0 Å². The Morgan fingerprint density at radius 2 is 2.00 bits per heavy atom. The zero-order chi connectivity index (χ0) is 10.0. The third-order valence-electron chi connectivity index (χ3n) is 1.44. The Morgan fingerprint density at radius 1 is 1.38 bits per heavy atom. The van der Waals surface area contributed by atoms with Crippen molar-refractivity contribution in [1.82, 2.24) is 4.98 Å². The summed E-state index contributed by atoms with van der Waals surface area (Å²) in [5, 5.41) is -0.0378. The second-order valence-electron chi connectivity index (χ2n) is 2.21. The number of alkyl halides is 3. The highest BCUT2D eigenvalue weighted by Crippen LogP contribution is 2.27. The van der Waals surface area contributed by atoms with Crippen molar-refractivity contribution in [3.63, 3.8) is 0 Å². The quantitative estimate of drug-likeness (QED) is 0.586. The van der Waals surface area contributed by atoms with Crippen molar-refractivity contribution in [2.24, 2.45) is 0 Å². The lowest BCUT2D eigenvalue weighted by molar-refractivity contribution is 0.143. The lowest BCUT2D eigenvalue weighted by Crippen LogP contribution is -2.02. The standard InChI is InChI=1S/C7H4BrF4N/c8-1-4-5(7(11)12)6(10)3(9)2-13-4/h2,7H,1H2. The van der Waals surface area contributed by atoms with Gasteiger partial charge in [0.1, 0.15) is 0 Å². The van der Waals surface area contributed by atoms with Gasteiger partial charge in [0.15, 0.2) is 11.6 Å². The molecule has 72 valence electrons. The van der Waals surface area contributed by atoms with Crippen LogP contribution >= 0.6 is 15.9 Å². The van der Waals surface area contributed by atoms with E-state index in [0.717, 1.165) is 0 Å². The van der Waals surface area contributed by atoms with E-state index in [-0.39, 0.29) is 11.0 Å². The van der Waals surface area contributed by atoms with Gasteiger partial charge in [0.05, 0.1) is 17.5 Å². The van der Waals surface area contributed by atoms with E-state index in [0.29, 0.717) is 6.20 Å². The van der Waals surface area contributed by atoms with E-state index in [1.807, 2.05) is 0 Å². The van der Waals surface area contributed by atoms with Gasteiger partial charge < -0.3 is 0 Å². The average molecular weight is 258 g/mol. The molecule has 0 spiro atoms. The topological polar surface area (TPSA) is 12.9 Å². The fraction of sp³-hybridized carbons (Fsp3) is 0.286. The van der Waals surface area contributed by atoms with Crippen LogP contribution in [0.2, 0.25) is 0 Å². The predicted octanol–water partition coefficient (Wildman–Crippen LogP) is 3.19. The van der Waals surface area contributed by atoms with Crippen molar-refractivity contribution in [3.8, 4) is 0 Å². The maximum atomic E-state index is 12.8. The Bertz CT molecular complexity index is 316. The molecule has 0 amide bonds. The molecule has 1 nitrogen and oxygen atoms in total. The van der Waals surface area contributed by atoms with E-state index in [2.05, 4.69) is 20.9 Å². The minimum atomic E-state index is -3.06. The minimum Gasteiger partial charge on any atom is -0.257 e. The molecule has 0 bridgehead atoms. The largest absolute Gasteiger partial charge is 0.268 e. The molecule has 0 aliphatic heterocycles.